The molecule has 192 valence electrons. The van der Waals surface area contributed by atoms with Gasteiger partial charge in [0.05, 0.1) is 5.54 Å². The predicted octanol–water partition coefficient (Wildman–Crippen LogP) is 3.69. The Hall–Kier alpha value is -4.11. The fraction of sp³-hybridized carbons (Fsp3) is 0.321. The van der Waals surface area contributed by atoms with Crippen molar-refractivity contribution in [2.45, 2.75) is 45.2 Å². The molecule has 0 radical (unpaired) electrons. The first-order valence-electron chi connectivity index (χ1n) is 12.3. The number of amides is 1. The molecule has 3 heterocycles. The Morgan fingerprint density at radius 1 is 1.11 bits per heavy atom. The molecule has 0 aliphatic heterocycles. The van der Waals surface area contributed by atoms with E-state index in [4.69, 9.17) is 10.2 Å². The van der Waals surface area contributed by atoms with E-state index in [1.165, 1.54) is 10.6 Å². The summed E-state index contributed by atoms with van der Waals surface area (Å²) in [4.78, 5) is 32.3. The summed E-state index contributed by atoms with van der Waals surface area (Å²) in [5.74, 6) is 0.127. The van der Waals surface area contributed by atoms with Gasteiger partial charge in [-0.1, -0.05) is 49.7 Å². The Balaban J connectivity index is 1.64. The number of carbonyl (C=O) groups excluding carboxylic acids is 1. The standard InChI is InChI=1S/C28H32N6O3/c1-4-5-14-34(19-21-12-9-13-30-18-21)26(36)22-15-23(33(3)24(35)16-22)25-31-32-27(37-25)28(2,29)17-20-10-7-6-8-11-20/h6-13,15-16,18H,4-5,14,17,19,29H2,1-3H3/t28-/m1/s1. The van der Waals surface area contributed by atoms with E-state index in [2.05, 4.69) is 22.1 Å². The van der Waals surface area contributed by atoms with Gasteiger partial charge in [0, 0.05) is 44.2 Å². The smallest absolute Gasteiger partial charge is 0.264 e. The van der Waals surface area contributed by atoms with Crippen molar-refractivity contribution in [2.75, 3.05) is 6.54 Å². The normalized spacial score (nSPS) is 12.8. The summed E-state index contributed by atoms with van der Waals surface area (Å²) < 4.78 is 7.34. The van der Waals surface area contributed by atoms with E-state index in [-0.39, 0.29) is 28.8 Å². The van der Waals surface area contributed by atoms with Crippen LogP contribution in [0.1, 0.15) is 54.1 Å². The van der Waals surface area contributed by atoms with Crippen LogP contribution in [0, 0.1) is 0 Å². The molecule has 2 N–H and O–H groups in total. The van der Waals surface area contributed by atoms with Gasteiger partial charge in [0.25, 0.3) is 17.4 Å². The summed E-state index contributed by atoms with van der Waals surface area (Å²) in [5.41, 5.74) is 7.83. The van der Waals surface area contributed by atoms with Crippen LogP contribution in [0.15, 0.2) is 76.2 Å². The van der Waals surface area contributed by atoms with Gasteiger partial charge in [0.1, 0.15) is 5.69 Å². The van der Waals surface area contributed by atoms with E-state index in [1.807, 2.05) is 49.4 Å². The number of hydrogen-bond acceptors (Lipinski definition) is 7. The minimum absolute atomic E-state index is 0.126. The zero-order valence-corrected chi connectivity index (χ0v) is 21.4. The number of aromatic nitrogens is 4. The van der Waals surface area contributed by atoms with E-state index >= 15 is 0 Å². The molecule has 0 bridgehead atoms. The molecule has 0 saturated carbocycles. The van der Waals surface area contributed by atoms with Crippen molar-refractivity contribution in [3.63, 3.8) is 0 Å². The zero-order valence-electron chi connectivity index (χ0n) is 21.4. The fourth-order valence-corrected chi connectivity index (χ4v) is 4.11. The summed E-state index contributed by atoms with van der Waals surface area (Å²) in [6.45, 7) is 4.84. The van der Waals surface area contributed by atoms with Crippen LogP contribution in [-0.4, -0.2) is 37.1 Å². The SMILES string of the molecule is CCCCN(Cc1cccnc1)C(=O)c1cc(-c2nnc([C@](C)(N)Cc3ccccc3)o2)n(C)c(=O)c1. The quantitative estimate of drug-likeness (QED) is 0.353. The maximum atomic E-state index is 13.5. The third kappa shape index (κ3) is 6.18. The Morgan fingerprint density at radius 2 is 1.86 bits per heavy atom. The van der Waals surface area contributed by atoms with Crippen molar-refractivity contribution in [1.29, 1.82) is 0 Å². The minimum atomic E-state index is -0.917. The lowest BCUT2D eigenvalue weighted by Gasteiger charge is -2.23. The van der Waals surface area contributed by atoms with Gasteiger partial charge in [0.15, 0.2) is 0 Å². The Kier molecular flexibility index (Phi) is 7.93. The molecule has 0 unspecified atom stereocenters. The van der Waals surface area contributed by atoms with Crippen molar-refractivity contribution in [2.24, 2.45) is 12.8 Å². The molecule has 4 aromatic rings. The molecule has 0 spiro atoms. The number of unbranched alkanes of at least 4 members (excludes halogenated alkanes) is 1. The Labute approximate surface area is 216 Å². The fourth-order valence-electron chi connectivity index (χ4n) is 4.11. The lowest BCUT2D eigenvalue weighted by Crippen LogP contribution is -2.35. The van der Waals surface area contributed by atoms with Crippen molar-refractivity contribution in [3.8, 4) is 11.6 Å². The van der Waals surface area contributed by atoms with Crippen LogP contribution < -0.4 is 11.3 Å². The second-order valence-corrected chi connectivity index (χ2v) is 9.46. The number of nitrogens with zero attached hydrogens (tertiary/aromatic N) is 5. The van der Waals surface area contributed by atoms with Crippen molar-refractivity contribution < 1.29 is 9.21 Å². The van der Waals surface area contributed by atoms with Gasteiger partial charge >= 0.3 is 0 Å². The highest BCUT2D eigenvalue weighted by Crippen LogP contribution is 2.26. The third-order valence-corrected chi connectivity index (χ3v) is 6.22. The maximum Gasteiger partial charge on any atom is 0.264 e. The van der Waals surface area contributed by atoms with Crippen LogP contribution in [0.4, 0.5) is 0 Å². The van der Waals surface area contributed by atoms with E-state index < -0.39 is 5.54 Å². The largest absolute Gasteiger partial charge is 0.417 e. The lowest BCUT2D eigenvalue weighted by atomic mass is 9.94. The van der Waals surface area contributed by atoms with Gasteiger partial charge in [-0.15, -0.1) is 10.2 Å². The van der Waals surface area contributed by atoms with Crippen LogP contribution in [-0.2, 0) is 25.6 Å². The molecule has 3 aromatic heterocycles. The van der Waals surface area contributed by atoms with Crippen LogP contribution in [0.5, 0.6) is 0 Å². The van der Waals surface area contributed by atoms with Crippen LogP contribution >= 0.6 is 0 Å². The summed E-state index contributed by atoms with van der Waals surface area (Å²) in [6, 6.07) is 16.5. The summed E-state index contributed by atoms with van der Waals surface area (Å²) in [6.07, 6.45) is 5.70. The molecule has 1 amide bonds. The summed E-state index contributed by atoms with van der Waals surface area (Å²) in [7, 11) is 1.60. The predicted molar refractivity (Wildman–Crippen MR) is 141 cm³/mol. The first-order chi connectivity index (χ1) is 17.8. The van der Waals surface area contributed by atoms with Crippen LogP contribution in [0.25, 0.3) is 11.6 Å². The topological polar surface area (TPSA) is 120 Å². The average Bonchev–Trinajstić information content (AvgIpc) is 3.40. The van der Waals surface area contributed by atoms with Crippen molar-refractivity contribution in [3.05, 3.63) is 99.9 Å². The van der Waals surface area contributed by atoms with Crippen molar-refractivity contribution in [1.82, 2.24) is 24.6 Å². The van der Waals surface area contributed by atoms with E-state index in [1.54, 1.807) is 30.4 Å². The molecule has 9 heteroatoms. The molecule has 37 heavy (non-hydrogen) atoms. The van der Waals surface area contributed by atoms with E-state index in [0.717, 1.165) is 24.0 Å². The number of nitrogens with two attached hydrogens (primary N) is 1. The first kappa shape index (κ1) is 26.0. The highest BCUT2D eigenvalue weighted by Gasteiger charge is 2.29. The monoisotopic (exact) mass is 500 g/mol. The Bertz CT molecular complexity index is 1400. The number of hydrogen-bond donors (Lipinski definition) is 1. The molecule has 1 aromatic carbocycles. The second-order valence-electron chi connectivity index (χ2n) is 9.46. The van der Waals surface area contributed by atoms with Gasteiger partial charge in [-0.25, -0.2) is 0 Å². The summed E-state index contributed by atoms with van der Waals surface area (Å²) >= 11 is 0. The van der Waals surface area contributed by atoms with Crippen LogP contribution in [0.3, 0.4) is 0 Å². The molecule has 0 aliphatic rings. The lowest BCUT2D eigenvalue weighted by molar-refractivity contribution is 0.0740. The first-order valence-corrected chi connectivity index (χ1v) is 12.3. The van der Waals surface area contributed by atoms with Gasteiger partial charge in [-0.3, -0.25) is 14.6 Å². The number of benzene rings is 1. The molecular weight excluding hydrogens is 468 g/mol. The van der Waals surface area contributed by atoms with Crippen molar-refractivity contribution >= 4 is 5.91 Å². The number of rotatable bonds is 10. The van der Waals surface area contributed by atoms with Gasteiger partial charge in [-0.2, -0.15) is 0 Å². The third-order valence-electron chi connectivity index (χ3n) is 6.22. The van der Waals surface area contributed by atoms with Gasteiger partial charge < -0.3 is 19.6 Å². The summed E-state index contributed by atoms with van der Waals surface area (Å²) in [5, 5.41) is 8.35. The molecule has 1 atom stereocenters. The molecule has 0 fully saturated rings. The average molecular weight is 501 g/mol. The number of pyridine rings is 2. The zero-order chi connectivity index (χ0) is 26.4. The van der Waals surface area contributed by atoms with Crippen LogP contribution in [0.2, 0.25) is 0 Å². The van der Waals surface area contributed by atoms with E-state index in [9.17, 15) is 9.59 Å². The molecule has 0 saturated heterocycles. The molecule has 4 rings (SSSR count). The molecule has 9 nitrogen and oxygen atoms in total. The highest BCUT2D eigenvalue weighted by atomic mass is 16.4. The van der Waals surface area contributed by atoms with Gasteiger partial charge in [0.2, 0.25) is 5.89 Å². The second kappa shape index (κ2) is 11.3. The highest BCUT2D eigenvalue weighted by molar-refractivity contribution is 5.95. The molecule has 0 aliphatic carbocycles. The maximum absolute atomic E-state index is 13.5. The van der Waals surface area contributed by atoms with Gasteiger partial charge in [-0.05, 0) is 43.0 Å². The number of carbonyl (C=O) groups is 1. The minimum Gasteiger partial charge on any atom is -0.417 e. The Morgan fingerprint density at radius 3 is 2.57 bits per heavy atom. The molecular formula is C28H32N6O3. The van der Waals surface area contributed by atoms with E-state index in [0.29, 0.717) is 25.2 Å².